The number of halogens is 1. The highest BCUT2D eigenvalue weighted by atomic mass is 35.5. The van der Waals surface area contributed by atoms with E-state index >= 15 is 0 Å². The number of methoxy groups -OCH3 is 1. The molecule has 0 aliphatic rings. The lowest BCUT2D eigenvalue weighted by Crippen LogP contribution is -2.39. The summed E-state index contributed by atoms with van der Waals surface area (Å²) in [5, 5.41) is 6.88. The Bertz CT molecular complexity index is 832. The molecule has 0 saturated heterocycles. The number of hydrogen-bond donors (Lipinski definition) is 2. The van der Waals surface area contributed by atoms with Crippen molar-refractivity contribution in [1.29, 1.82) is 0 Å². The Morgan fingerprint density at radius 3 is 2.61 bits per heavy atom. The molecule has 0 aliphatic heterocycles. The summed E-state index contributed by atoms with van der Waals surface area (Å²) < 4.78 is 16.0. The quantitative estimate of drug-likeness (QED) is 0.486. The van der Waals surface area contributed by atoms with Crippen molar-refractivity contribution in [2.75, 3.05) is 25.6 Å². The van der Waals surface area contributed by atoms with Crippen LogP contribution in [0.25, 0.3) is 0 Å². The third-order valence-electron chi connectivity index (χ3n) is 3.65. The molecule has 2 aromatic carbocycles. The Morgan fingerprint density at radius 2 is 1.93 bits per heavy atom. The molecular weight excluding hydrogens is 400 g/mol. The molecule has 8 heteroatoms. The summed E-state index contributed by atoms with van der Waals surface area (Å²) in [6.07, 6.45) is 0. The van der Waals surface area contributed by atoms with E-state index in [0.717, 1.165) is 0 Å². The highest BCUT2D eigenvalue weighted by Crippen LogP contribution is 2.26. The minimum atomic E-state index is -0.478. The van der Waals surface area contributed by atoms with Gasteiger partial charge in [-0.15, -0.1) is 0 Å². The number of para-hydroxylation sites is 2. The third-order valence-corrected chi connectivity index (χ3v) is 4.20. The number of carbonyl (C=O) groups is 1. The van der Waals surface area contributed by atoms with E-state index < -0.39 is 5.97 Å². The van der Waals surface area contributed by atoms with Gasteiger partial charge in [0, 0.05) is 5.69 Å². The Kier molecular flexibility index (Phi) is 8.35. The van der Waals surface area contributed by atoms with Crippen LogP contribution < -0.4 is 20.1 Å². The first-order valence-electron chi connectivity index (χ1n) is 8.74. The molecule has 0 radical (unpaired) electrons. The van der Waals surface area contributed by atoms with Crippen molar-refractivity contribution < 1.29 is 19.0 Å². The second-order valence-electron chi connectivity index (χ2n) is 5.88. The number of thiocarbonyl (C=S) groups is 1. The van der Waals surface area contributed by atoms with Gasteiger partial charge in [-0.25, -0.2) is 4.79 Å². The second-order valence-corrected chi connectivity index (χ2v) is 6.69. The Balaban J connectivity index is 1.91. The van der Waals surface area contributed by atoms with E-state index in [1.807, 2.05) is 31.2 Å². The molecule has 0 spiro atoms. The first-order chi connectivity index (χ1) is 13.4. The maximum atomic E-state index is 11.9. The van der Waals surface area contributed by atoms with E-state index in [0.29, 0.717) is 33.9 Å². The van der Waals surface area contributed by atoms with Gasteiger partial charge in [0.25, 0.3) is 0 Å². The van der Waals surface area contributed by atoms with Gasteiger partial charge in [0.1, 0.15) is 6.61 Å². The van der Waals surface area contributed by atoms with Crippen LogP contribution in [0.2, 0.25) is 5.02 Å². The molecule has 1 atom stereocenters. The van der Waals surface area contributed by atoms with Crippen molar-refractivity contribution in [3.63, 3.8) is 0 Å². The van der Waals surface area contributed by atoms with E-state index in [2.05, 4.69) is 10.6 Å². The fraction of sp³-hybridized carbons (Fsp3) is 0.300. The number of anilines is 1. The molecule has 28 heavy (non-hydrogen) atoms. The fourth-order valence-corrected chi connectivity index (χ4v) is 2.87. The van der Waals surface area contributed by atoms with Gasteiger partial charge in [0.2, 0.25) is 0 Å². The van der Waals surface area contributed by atoms with Crippen LogP contribution in [0.1, 0.15) is 24.2 Å². The predicted octanol–water partition coefficient (Wildman–Crippen LogP) is 4.28. The number of benzene rings is 2. The number of hydrogen-bond acceptors (Lipinski definition) is 5. The summed E-state index contributed by atoms with van der Waals surface area (Å²) in [7, 11) is 1.60. The molecule has 0 fully saturated rings. The normalized spacial score (nSPS) is 11.3. The van der Waals surface area contributed by atoms with Gasteiger partial charge in [-0.2, -0.15) is 0 Å². The average molecular weight is 423 g/mol. The van der Waals surface area contributed by atoms with E-state index in [1.165, 1.54) is 0 Å². The lowest BCUT2D eigenvalue weighted by Gasteiger charge is -2.19. The SMILES string of the molecule is CCOC(=O)c1cc(NC(=S)N[C@H](C)COc2ccccc2OC)ccc1Cl. The third kappa shape index (κ3) is 6.28. The number of nitrogens with one attached hydrogen (secondary N) is 2. The van der Waals surface area contributed by atoms with Gasteiger partial charge in [-0.1, -0.05) is 23.7 Å². The summed E-state index contributed by atoms with van der Waals surface area (Å²) in [5.74, 6) is 0.853. The summed E-state index contributed by atoms with van der Waals surface area (Å²) in [5.41, 5.74) is 0.909. The van der Waals surface area contributed by atoms with Crippen molar-refractivity contribution in [1.82, 2.24) is 5.32 Å². The zero-order valence-electron chi connectivity index (χ0n) is 16.0. The maximum Gasteiger partial charge on any atom is 0.339 e. The molecule has 0 heterocycles. The Morgan fingerprint density at radius 1 is 1.21 bits per heavy atom. The van der Waals surface area contributed by atoms with Crippen molar-refractivity contribution >= 4 is 40.6 Å². The first-order valence-corrected chi connectivity index (χ1v) is 9.53. The van der Waals surface area contributed by atoms with Crippen LogP contribution in [0, 0.1) is 0 Å². The summed E-state index contributed by atoms with van der Waals surface area (Å²) >= 11 is 11.4. The lowest BCUT2D eigenvalue weighted by atomic mass is 10.2. The van der Waals surface area contributed by atoms with Crippen LogP contribution in [-0.4, -0.2) is 37.4 Å². The highest BCUT2D eigenvalue weighted by molar-refractivity contribution is 7.80. The van der Waals surface area contributed by atoms with Crippen molar-refractivity contribution in [3.8, 4) is 11.5 Å². The molecule has 0 bridgehead atoms. The van der Waals surface area contributed by atoms with Gasteiger partial charge in [-0.05, 0) is 56.4 Å². The molecule has 150 valence electrons. The van der Waals surface area contributed by atoms with Crippen LogP contribution in [-0.2, 0) is 4.74 Å². The van der Waals surface area contributed by atoms with Crippen LogP contribution in [0.4, 0.5) is 5.69 Å². The molecule has 0 aromatic heterocycles. The van der Waals surface area contributed by atoms with Gasteiger partial charge in [-0.3, -0.25) is 0 Å². The van der Waals surface area contributed by atoms with Gasteiger partial charge in [0.05, 0.1) is 30.3 Å². The van der Waals surface area contributed by atoms with Gasteiger partial charge in [0.15, 0.2) is 16.6 Å². The summed E-state index contributed by atoms with van der Waals surface area (Å²) in [6.45, 7) is 4.34. The molecule has 0 saturated carbocycles. The number of rotatable bonds is 8. The smallest absolute Gasteiger partial charge is 0.339 e. The standard InChI is InChI=1S/C20H23ClN2O4S/c1-4-26-19(24)15-11-14(9-10-16(15)21)23-20(28)22-13(2)12-27-18-8-6-5-7-17(18)25-3/h5-11,13H,4,12H2,1-3H3,(H2,22,23,28)/t13-/m1/s1. The second kappa shape index (κ2) is 10.7. The maximum absolute atomic E-state index is 11.9. The largest absolute Gasteiger partial charge is 0.493 e. The number of carbonyl (C=O) groups excluding carboxylic acids is 1. The predicted molar refractivity (Wildman–Crippen MR) is 115 cm³/mol. The molecule has 0 unspecified atom stereocenters. The first kappa shape index (κ1) is 21.8. The zero-order valence-corrected chi connectivity index (χ0v) is 17.5. The molecule has 0 amide bonds. The highest BCUT2D eigenvalue weighted by Gasteiger charge is 2.13. The van der Waals surface area contributed by atoms with Crippen LogP contribution >= 0.6 is 23.8 Å². The summed E-state index contributed by atoms with van der Waals surface area (Å²) in [4.78, 5) is 11.9. The zero-order chi connectivity index (χ0) is 20.5. The van der Waals surface area contributed by atoms with Crippen LogP contribution in [0.5, 0.6) is 11.5 Å². The minimum absolute atomic E-state index is 0.0678. The Labute approximate surface area is 175 Å². The van der Waals surface area contributed by atoms with Crippen molar-refractivity contribution in [2.24, 2.45) is 0 Å². The topological polar surface area (TPSA) is 68.8 Å². The van der Waals surface area contributed by atoms with Gasteiger partial charge >= 0.3 is 5.97 Å². The van der Waals surface area contributed by atoms with E-state index in [1.54, 1.807) is 32.2 Å². The van der Waals surface area contributed by atoms with E-state index in [4.69, 9.17) is 38.0 Å². The molecule has 6 nitrogen and oxygen atoms in total. The van der Waals surface area contributed by atoms with Crippen LogP contribution in [0.3, 0.4) is 0 Å². The Hall–Kier alpha value is -2.51. The lowest BCUT2D eigenvalue weighted by molar-refractivity contribution is 0.0526. The molecule has 2 rings (SSSR count). The summed E-state index contributed by atoms with van der Waals surface area (Å²) in [6, 6.07) is 12.3. The molecule has 2 N–H and O–H groups in total. The average Bonchev–Trinajstić information content (AvgIpc) is 2.68. The van der Waals surface area contributed by atoms with Crippen molar-refractivity contribution in [2.45, 2.75) is 19.9 Å². The van der Waals surface area contributed by atoms with Crippen LogP contribution in [0.15, 0.2) is 42.5 Å². The molecular formula is C20H23ClN2O4S. The van der Waals surface area contributed by atoms with Crippen molar-refractivity contribution in [3.05, 3.63) is 53.1 Å². The monoisotopic (exact) mass is 422 g/mol. The van der Waals surface area contributed by atoms with E-state index in [-0.39, 0.29) is 18.2 Å². The fourth-order valence-electron chi connectivity index (χ4n) is 2.35. The number of ether oxygens (including phenoxy) is 3. The number of esters is 1. The molecule has 2 aromatic rings. The minimum Gasteiger partial charge on any atom is -0.493 e. The van der Waals surface area contributed by atoms with Gasteiger partial charge < -0.3 is 24.8 Å². The van der Waals surface area contributed by atoms with E-state index in [9.17, 15) is 4.79 Å². The molecule has 0 aliphatic carbocycles.